The number of carbonyl (C=O) groups is 1. The van der Waals surface area contributed by atoms with E-state index < -0.39 is 20.9 Å². The Kier molecular flexibility index (Phi) is 5.07. The van der Waals surface area contributed by atoms with Crippen LogP contribution in [0.2, 0.25) is 0 Å². The molecule has 0 aliphatic carbocycles. The maximum Gasteiger partial charge on any atom is 0.276 e. The lowest BCUT2D eigenvalue weighted by atomic mass is 10.1. The molecular formula is C15H13N3O5S. The highest BCUT2D eigenvalue weighted by Gasteiger charge is 2.11. The number of sulfonamides is 1. The van der Waals surface area contributed by atoms with Gasteiger partial charge < -0.3 is 5.32 Å². The minimum Gasteiger partial charge on any atom is -0.322 e. The number of carbonyl (C=O) groups excluding carboxylic acids is 1. The van der Waals surface area contributed by atoms with Crippen LogP contribution in [-0.2, 0) is 14.8 Å². The van der Waals surface area contributed by atoms with Crippen LogP contribution in [0.25, 0.3) is 6.08 Å². The van der Waals surface area contributed by atoms with E-state index in [1.54, 1.807) is 6.07 Å². The molecule has 0 saturated heterocycles. The summed E-state index contributed by atoms with van der Waals surface area (Å²) in [7, 11) is -3.88. The highest BCUT2D eigenvalue weighted by molar-refractivity contribution is 7.89. The Labute approximate surface area is 137 Å². The zero-order valence-electron chi connectivity index (χ0n) is 12.2. The van der Waals surface area contributed by atoms with Crippen molar-refractivity contribution in [2.24, 2.45) is 5.14 Å². The molecule has 0 fully saturated rings. The highest BCUT2D eigenvalue weighted by Crippen LogP contribution is 2.19. The molecule has 24 heavy (non-hydrogen) atoms. The fraction of sp³-hybridized carbons (Fsp3) is 0. The van der Waals surface area contributed by atoms with Crippen molar-refractivity contribution in [3.05, 3.63) is 70.3 Å². The fourth-order valence-electron chi connectivity index (χ4n) is 1.89. The first-order valence-corrected chi connectivity index (χ1v) is 8.17. The van der Waals surface area contributed by atoms with Gasteiger partial charge in [-0.25, -0.2) is 13.6 Å². The van der Waals surface area contributed by atoms with Gasteiger partial charge >= 0.3 is 0 Å². The number of nitro groups is 1. The van der Waals surface area contributed by atoms with Crippen LogP contribution in [0.4, 0.5) is 11.4 Å². The molecule has 9 heteroatoms. The van der Waals surface area contributed by atoms with E-state index >= 15 is 0 Å². The molecule has 0 spiro atoms. The van der Waals surface area contributed by atoms with Crippen LogP contribution in [0.1, 0.15) is 5.56 Å². The molecule has 0 aliphatic heterocycles. The fourth-order valence-corrected chi connectivity index (χ4v) is 2.45. The van der Waals surface area contributed by atoms with Crippen molar-refractivity contribution in [2.75, 3.05) is 5.32 Å². The molecule has 8 nitrogen and oxygen atoms in total. The van der Waals surface area contributed by atoms with Crippen LogP contribution in [0.3, 0.4) is 0 Å². The van der Waals surface area contributed by atoms with E-state index in [4.69, 9.17) is 5.14 Å². The van der Waals surface area contributed by atoms with Crippen LogP contribution in [-0.4, -0.2) is 19.2 Å². The van der Waals surface area contributed by atoms with Crippen LogP contribution < -0.4 is 10.5 Å². The van der Waals surface area contributed by atoms with Crippen LogP contribution in [0, 0.1) is 10.1 Å². The second kappa shape index (κ2) is 7.02. The second-order valence-corrected chi connectivity index (χ2v) is 6.27. The summed E-state index contributed by atoms with van der Waals surface area (Å²) in [6.07, 6.45) is 2.42. The summed E-state index contributed by atoms with van der Waals surface area (Å²) < 4.78 is 22.5. The zero-order valence-corrected chi connectivity index (χ0v) is 13.1. The summed E-state index contributed by atoms with van der Waals surface area (Å²) in [5, 5.41) is 18.4. The van der Waals surface area contributed by atoms with Gasteiger partial charge in [0, 0.05) is 17.8 Å². The normalized spacial score (nSPS) is 11.4. The van der Waals surface area contributed by atoms with Gasteiger partial charge in [-0.3, -0.25) is 14.9 Å². The number of para-hydroxylation sites is 1. The van der Waals surface area contributed by atoms with Gasteiger partial charge in [0.1, 0.15) is 0 Å². The van der Waals surface area contributed by atoms with Crippen molar-refractivity contribution in [1.82, 2.24) is 0 Å². The van der Waals surface area contributed by atoms with E-state index in [0.29, 0.717) is 0 Å². The van der Waals surface area contributed by atoms with Gasteiger partial charge in [-0.05, 0) is 30.3 Å². The molecule has 124 valence electrons. The van der Waals surface area contributed by atoms with Crippen molar-refractivity contribution in [3.8, 4) is 0 Å². The average molecular weight is 347 g/mol. The standard InChI is InChI=1S/C15H13N3O5S/c16-24(22,23)13-6-3-5-12(10-13)17-15(19)9-8-11-4-1-2-7-14(11)18(20)21/h1-10H,(H,17,19)(H2,16,22,23)/b9-8+. The molecule has 2 rings (SSSR count). The van der Waals surface area contributed by atoms with Crippen molar-refractivity contribution in [2.45, 2.75) is 4.90 Å². The summed E-state index contributed by atoms with van der Waals surface area (Å²) in [5.41, 5.74) is 0.382. The predicted octanol–water partition coefficient (Wildman–Crippen LogP) is 1.89. The van der Waals surface area contributed by atoms with Crippen LogP contribution in [0.15, 0.2) is 59.5 Å². The van der Waals surface area contributed by atoms with Gasteiger partial charge in [-0.2, -0.15) is 0 Å². The van der Waals surface area contributed by atoms with Gasteiger partial charge in [0.25, 0.3) is 5.69 Å². The van der Waals surface area contributed by atoms with Crippen molar-refractivity contribution < 1.29 is 18.1 Å². The molecule has 0 saturated carbocycles. The first-order chi connectivity index (χ1) is 11.3. The molecule has 0 aliphatic rings. The third kappa shape index (κ3) is 4.48. The van der Waals surface area contributed by atoms with E-state index in [9.17, 15) is 23.3 Å². The molecule has 0 heterocycles. The summed E-state index contributed by atoms with van der Waals surface area (Å²) in [6, 6.07) is 11.4. The average Bonchev–Trinajstić information content (AvgIpc) is 2.52. The highest BCUT2D eigenvalue weighted by atomic mass is 32.2. The van der Waals surface area contributed by atoms with Gasteiger partial charge in [-0.15, -0.1) is 0 Å². The Balaban J connectivity index is 2.16. The van der Waals surface area contributed by atoms with Crippen LogP contribution >= 0.6 is 0 Å². The lowest BCUT2D eigenvalue weighted by molar-refractivity contribution is -0.385. The van der Waals surface area contributed by atoms with Gasteiger partial charge in [-0.1, -0.05) is 18.2 Å². The quantitative estimate of drug-likeness (QED) is 0.484. The monoisotopic (exact) mass is 347 g/mol. The number of benzene rings is 2. The third-order valence-electron chi connectivity index (χ3n) is 2.98. The van der Waals surface area contributed by atoms with Gasteiger partial charge in [0.2, 0.25) is 15.9 Å². The molecule has 0 atom stereocenters. The summed E-state index contributed by atoms with van der Waals surface area (Å²) in [6.45, 7) is 0. The van der Waals surface area contributed by atoms with Crippen molar-refractivity contribution >= 4 is 33.4 Å². The van der Waals surface area contributed by atoms with E-state index in [-0.39, 0.29) is 21.8 Å². The van der Waals surface area contributed by atoms with E-state index in [1.807, 2.05) is 0 Å². The van der Waals surface area contributed by atoms with Gasteiger partial charge in [0.05, 0.1) is 15.4 Å². The Morgan fingerprint density at radius 1 is 1.17 bits per heavy atom. The Morgan fingerprint density at radius 2 is 1.88 bits per heavy atom. The van der Waals surface area contributed by atoms with Crippen molar-refractivity contribution in [3.63, 3.8) is 0 Å². The number of nitrogens with zero attached hydrogens (tertiary/aromatic N) is 1. The molecule has 0 unspecified atom stereocenters. The lowest BCUT2D eigenvalue weighted by Gasteiger charge is -2.04. The maximum absolute atomic E-state index is 11.9. The van der Waals surface area contributed by atoms with E-state index in [2.05, 4.69) is 5.32 Å². The number of rotatable bonds is 5. The first kappa shape index (κ1) is 17.3. The number of hydrogen-bond acceptors (Lipinski definition) is 5. The number of amides is 1. The minimum atomic E-state index is -3.88. The maximum atomic E-state index is 11.9. The second-order valence-electron chi connectivity index (χ2n) is 4.71. The molecule has 1 amide bonds. The van der Waals surface area contributed by atoms with Gasteiger partial charge in [0.15, 0.2) is 0 Å². The number of primary sulfonamides is 1. The smallest absolute Gasteiger partial charge is 0.276 e. The predicted molar refractivity (Wildman–Crippen MR) is 88.6 cm³/mol. The number of nitro benzene ring substituents is 1. The SMILES string of the molecule is NS(=O)(=O)c1cccc(NC(=O)/C=C/c2ccccc2[N+](=O)[O-])c1. The first-order valence-electron chi connectivity index (χ1n) is 6.63. The summed E-state index contributed by atoms with van der Waals surface area (Å²) in [5.74, 6) is -0.570. The Hall–Kier alpha value is -3.04. The number of anilines is 1. The number of nitrogens with two attached hydrogens (primary N) is 1. The van der Waals surface area contributed by atoms with Crippen molar-refractivity contribution in [1.29, 1.82) is 0 Å². The number of nitrogens with one attached hydrogen (secondary N) is 1. The molecule has 0 bridgehead atoms. The summed E-state index contributed by atoms with van der Waals surface area (Å²) in [4.78, 5) is 22.1. The molecule has 2 aromatic rings. The summed E-state index contributed by atoms with van der Waals surface area (Å²) >= 11 is 0. The molecular weight excluding hydrogens is 334 g/mol. The van der Waals surface area contributed by atoms with E-state index in [0.717, 1.165) is 6.08 Å². The Morgan fingerprint density at radius 3 is 2.54 bits per heavy atom. The molecule has 2 aromatic carbocycles. The number of hydrogen-bond donors (Lipinski definition) is 2. The molecule has 3 N–H and O–H groups in total. The zero-order chi connectivity index (χ0) is 17.7. The largest absolute Gasteiger partial charge is 0.322 e. The van der Waals surface area contributed by atoms with E-state index in [1.165, 1.54) is 48.5 Å². The third-order valence-corrected chi connectivity index (χ3v) is 3.89. The lowest BCUT2D eigenvalue weighted by Crippen LogP contribution is -2.13. The topological polar surface area (TPSA) is 132 Å². The molecule has 0 aromatic heterocycles. The molecule has 0 radical (unpaired) electrons. The minimum absolute atomic E-state index is 0.127. The Bertz CT molecular complexity index is 922. The van der Waals surface area contributed by atoms with Crippen LogP contribution in [0.5, 0.6) is 0 Å².